The number of primary amides is 2. The molecule has 0 aliphatic rings. The lowest BCUT2D eigenvalue weighted by atomic mass is 10.0. The first-order valence-corrected chi connectivity index (χ1v) is 16.6. The molecule has 1 heterocycles. The van der Waals surface area contributed by atoms with E-state index in [9.17, 15) is 28.8 Å². The van der Waals surface area contributed by atoms with E-state index in [2.05, 4.69) is 42.2 Å². The van der Waals surface area contributed by atoms with Gasteiger partial charge in [-0.05, 0) is 47.8 Å². The average molecular weight is 717 g/mol. The van der Waals surface area contributed by atoms with E-state index in [0.717, 1.165) is 20.9 Å². The Kier molecular flexibility index (Phi) is 13.6. The van der Waals surface area contributed by atoms with E-state index in [4.69, 9.17) is 11.5 Å². The zero-order chi connectivity index (χ0) is 33.8. The third-order valence-electron chi connectivity index (χ3n) is 7.06. The van der Waals surface area contributed by atoms with Crippen molar-refractivity contribution in [2.75, 3.05) is 12.0 Å². The molecule has 1 aromatic heterocycles. The molecule has 0 aliphatic carbocycles. The van der Waals surface area contributed by atoms with E-state index in [1.807, 2.05) is 30.5 Å². The number of benzene rings is 2. The predicted molar refractivity (Wildman–Crippen MR) is 179 cm³/mol. The van der Waals surface area contributed by atoms with Crippen LogP contribution in [0.1, 0.15) is 30.9 Å². The van der Waals surface area contributed by atoms with Gasteiger partial charge >= 0.3 is 0 Å². The van der Waals surface area contributed by atoms with E-state index in [1.165, 1.54) is 18.7 Å². The van der Waals surface area contributed by atoms with E-state index >= 15 is 0 Å². The fourth-order valence-corrected chi connectivity index (χ4v) is 5.75. The van der Waals surface area contributed by atoms with Crippen LogP contribution in [0, 0.1) is 0 Å². The number of halogens is 1. The first-order valence-electron chi connectivity index (χ1n) is 14.4. The molecule has 0 spiro atoms. The number of hydrogen-bond donors (Lipinski definition) is 7. The van der Waals surface area contributed by atoms with Crippen LogP contribution in [-0.2, 0) is 41.6 Å². The highest BCUT2D eigenvalue weighted by Gasteiger charge is 2.32. The molecule has 0 saturated heterocycles. The second kappa shape index (κ2) is 17.4. The minimum atomic E-state index is -1.46. The van der Waals surface area contributed by atoms with Crippen LogP contribution in [0.25, 0.3) is 10.9 Å². The van der Waals surface area contributed by atoms with Crippen LogP contribution in [0.4, 0.5) is 0 Å². The molecule has 9 N–H and O–H groups in total. The second-order valence-corrected chi connectivity index (χ2v) is 12.6. The molecule has 0 radical (unpaired) electrons. The summed E-state index contributed by atoms with van der Waals surface area (Å²) in [6.07, 6.45) is 3.39. The Bertz CT molecular complexity index is 1580. The number of fused-ring (bicyclic) bond motifs is 1. The lowest BCUT2D eigenvalue weighted by Gasteiger charge is -2.26. The van der Waals surface area contributed by atoms with Gasteiger partial charge in [-0.15, -0.1) is 0 Å². The normalized spacial score (nSPS) is 13.5. The molecule has 3 rings (SSSR count). The van der Waals surface area contributed by atoms with Crippen LogP contribution in [0.5, 0.6) is 0 Å². The van der Waals surface area contributed by atoms with Crippen molar-refractivity contribution in [1.82, 2.24) is 26.3 Å². The Hall–Kier alpha value is -4.37. The molecule has 13 nitrogen and oxygen atoms in total. The van der Waals surface area contributed by atoms with Gasteiger partial charge in [0.05, 0.1) is 6.42 Å². The second-order valence-electron chi connectivity index (χ2n) is 10.7. The summed E-state index contributed by atoms with van der Waals surface area (Å²) in [6.45, 7) is 1.29. The quantitative estimate of drug-likeness (QED) is 0.106. The molecule has 246 valence electrons. The van der Waals surface area contributed by atoms with Crippen LogP contribution in [-0.4, -0.2) is 76.6 Å². The number of aromatic amines is 1. The molecule has 3 aromatic rings. The van der Waals surface area contributed by atoms with Crippen molar-refractivity contribution in [3.63, 3.8) is 0 Å². The zero-order valence-electron chi connectivity index (χ0n) is 25.4. The molecule has 15 heteroatoms. The molecule has 4 atom stereocenters. The van der Waals surface area contributed by atoms with Gasteiger partial charge < -0.3 is 37.7 Å². The summed E-state index contributed by atoms with van der Waals surface area (Å²) in [5, 5.41) is 11.2. The smallest absolute Gasteiger partial charge is 0.243 e. The number of thioether (sulfide) groups is 1. The molecule has 6 amide bonds. The Morgan fingerprint density at radius 2 is 1.48 bits per heavy atom. The first kappa shape index (κ1) is 36.1. The van der Waals surface area contributed by atoms with Crippen LogP contribution in [0.15, 0.2) is 59.2 Å². The Morgan fingerprint density at radius 3 is 2.13 bits per heavy atom. The Labute approximate surface area is 278 Å². The molecule has 46 heavy (non-hydrogen) atoms. The van der Waals surface area contributed by atoms with Crippen molar-refractivity contribution in [2.24, 2.45) is 11.5 Å². The molecule has 2 aromatic carbocycles. The minimum Gasteiger partial charge on any atom is -0.370 e. The number of H-pyrrole nitrogens is 1. The summed E-state index contributed by atoms with van der Waals surface area (Å²) in [5.41, 5.74) is 13.3. The van der Waals surface area contributed by atoms with Crippen LogP contribution in [0.3, 0.4) is 0 Å². The molecule has 0 aliphatic heterocycles. The maximum atomic E-state index is 13.5. The van der Waals surface area contributed by atoms with Crippen molar-refractivity contribution in [1.29, 1.82) is 0 Å². The Morgan fingerprint density at radius 1 is 0.826 bits per heavy atom. The van der Waals surface area contributed by atoms with E-state index in [0.29, 0.717) is 11.3 Å². The number of nitrogens with one attached hydrogen (secondary N) is 5. The van der Waals surface area contributed by atoms with Gasteiger partial charge in [0.25, 0.3) is 0 Å². The highest BCUT2D eigenvalue weighted by atomic mass is 79.9. The van der Waals surface area contributed by atoms with E-state index in [1.54, 1.807) is 30.5 Å². The van der Waals surface area contributed by atoms with Gasteiger partial charge in [0.2, 0.25) is 35.4 Å². The van der Waals surface area contributed by atoms with Gasteiger partial charge in [0.15, 0.2) is 0 Å². The molecule has 0 bridgehead atoms. The molecule has 0 unspecified atom stereocenters. The van der Waals surface area contributed by atoms with Gasteiger partial charge in [-0.1, -0.05) is 46.3 Å². The summed E-state index contributed by atoms with van der Waals surface area (Å²) in [6, 6.07) is 9.84. The maximum Gasteiger partial charge on any atom is 0.243 e. The van der Waals surface area contributed by atoms with Crippen molar-refractivity contribution in [2.45, 2.75) is 56.8 Å². The predicted octanol–water partition coefficient (Wildman–Crippen LogP) is 0.789. The maximum absolute atomic E-state index is 13.5. The molecule has 0 fully saturated rings. The summed E-state index contributed by atoms with van der Waals surface area (Å²) in [4.78, 5) is 79.5. The number of hydrogen-bond acceptors (Lipinski definition) is 7. The summed E-state index contributed by atoms with van der Waals surface area (Å²) >= 11 is 4.79. The van der Waals surface area contributed by atoms with Gasteiger partial charge in [0.1, 0.15) is 24.2 Å². The highest BCUT2D eigenvalue weighted by molar-refractivity contribution is 9.10. The van der Waals surface area contributed by atoms with Gasteiger partial charge in [-0.2, -0.15) is 11.8 Å². The fourth-order valence-electron chi connectivity index (χ4n) is 4.83. The standard InChI is InChI=1S/C31H38BrN7O6S/c1-17(40)36-25(14-19-16-35-22-9-4-3-8-21(19)22)30(44)37-23(10-11-46-2)29(43)39-26(15-27(33)41)31(45)38-24(28(34)42)13-18-6-5-7-20(32)12-18/h3-9,12,16,23-26,35H,10-11,13-15H2,1-2H3,(H2,33,41)(H2,34,42)(H,36,40)(H,37,44)(H,38,45)(H,39,43)/t23-,24-,25+,26-/m0/s1. The topological polar surface area (TPSA) is 218 Å². The van der Waals surface area contributed by atoms with Crippen molar-refractivity contribution in [3.8, 4) is 0 Å². The van der Waals surface area contributed by atoms with Crippen molar-refractivity contribution in [3.05, 3.63) is 70.3 Å². The fraction of sp³-hybridized carbons (Fsp3) is 0.355. The lowest BCUT2D eigenvalue weighted by Crippen LogP contribution is -2.59. The zero-order valence-corrected chi connectivity index (χ0v) is 27.8. The number of amides is 6. The van der Waals surface area contributed by atoms with Gasteiger partial charge in [-0.3, -0.25) is 28.8 Å². The summed E-state index contributed by atoms with van der Waals surface area (Å²) in [5.74, 6) is -3.87. The van der Waals surface area contributed by atoms with Crippen LogP contribution in [0.2, 0.25) is 0 Å². The monoisotopic (exact) mass is 715 g/mol. The number of carbonyl (C=O) groups is 6. The van der Waals surface area contributed by atoms with E-state index in [-0.39, 0.29) is 19.3 Å². The van der Waals surface area contributed by atoms with Crippen molar-refractivity contribution >= 4 is 74.0 Å². The summed E-state index contributed by atoms with van der Waals surface area (Å²) < 4.78 is 0.763. The SMILES string of the molecule is CSCC[C@H](NC(=O)[C@@H](Cc1c[nH]c2ccccc12)NC(C)=O)C(=O)N[C@@H](CC(N)=O)C(=O)N[C@@H](Cc1cccc(Br)c1)C(N)=O. The molecule has 0 saturated carbocycles. The number of rotatable bonds is 17. The highest BCUT2D eigenvalue weighted by Crippen LogP contribution is 2.19. The number of para-hydroxylation sites is 1. The Balaban J connectivity index is 1.77. The minimum absolute atomic E-state index is 0.0606. The van der Waals surface area contributed by atoms with Crippen LogP contribution >= 0.6 is 27.7 Å². The third-order valence-corrected chi connectivity index (χ3v) is 8.20. The molecular weight excluding hydrogens is 678 g/mol. The first-order chi connectivity index (χ1) is 21.9. The number of nitrogens with two attached hydrogens (primary N) is 2. The summed E-state index contributed by atoms with van der Waals surface area (Å²) in [7, 11) is 0. The number of aromatic nitrogens is 1. The molecular formula is C31H38BrN7O6S. The third kappa shape index (κ3) is 10.9. The average Bonchev–Trinajstić information content (AvgIpc) is 3.40. The lowest BCUT2D eigenvalue weighted by molar-refractivity contribution is -0.135. The largest absolute Gasteiger partial charge is 0.370 e. The van der Waals surface area contributed by atoms with Gasteiger partial charge in [-0.25, -0.2) is 0 Å². The number of carbonyl (C=O) groups excluding carboxylic acids is 6. The van der Waals surface area contributed by atoms with Crippen LogP contribution < -0.4 is 32.7 Å². The van der Waals surface area contributed by atoms with E-state index < -0.39 is 66.0 Å². The van der Waals surface area contributed by atoms with Gasteiger partial charge in [0, 0.05) is 41.3 Å². The van der Waals surface area contributed by atoms with Crippen molar-refractivity contribution < 1.29 is 28.8 Å².